The Morgan fingerprint density at radius 3 is 2.81 bits per heavy atom. The van der Waals surface area contributed by atoms with Crippen LogP contribution < -0.4 is 10.6 Å². The van der Waals surface area contributed by atoms with E-state index in [0.717, 1.165) is 18.2 Å². The fraction of sp³-hybridized carbons (Fsp3) is 0.214. The van der Waals surface area contributed by atoms with E-state index in [1.807, 2.05) is 0 Å². The molecule has 0 saturated heterocycles. The molecule has 0 spiro atoms. The first-order valence-corrected chi connectivity index (χ1v) is 6.15. The van der Waals surface area contributed by atoms with Gasteiger partial charge < -0.3 is 20.2 Å². The fourth-order valence-corrected chi connectivity index (χ4v) is 1.68. The largest absolute Gasteiger partial charge is 0.466 e. The molecule has 2 rings (SSSR count). The Labute approximate surface area is 119 Å². The number of carbonyl (C=O) groups excluding carboxylic acids is 1. The monoisotopic (exact) mass is 296 g/mol. The van der Waals surface area contributed by atoms with Crippen LogP contribution in [0.15, 0.2) is 41.0 Å². The van der Waals surface area contributed by atoms with Crippen molar-refractivity contribution in [1.29, 1.82) is 0 Å². The van der Waals surface area contributed by atoms with Gasteiger partial charge in [-0.1, -0.05) is 0 Å². The number of amides is 2. The van der Waals surface area contributed by atoms with Crippen molar-refractivity contribution in [3.05, 3.63) is 54.0 Å². The molecule has 0 aliphatic heterocycles. The van der Waals surface area contributed by atoms with Crippen LogP contribution in [0.3, 0.4) is 0 Å². The smallest absolute Gasteiger partial charge is 0.319 e. The van der Waals surface area contributed by atoms with Crippen LogP contribution in [-0.2, 0) is 5.60 Å². The number of hydrogen-bond acceptors (Lipinski definition) is 3. The van der Waals surface area contributed by atoms with Crippen molar-refractivity contribution >= 4 is 11.7 Å². The highest BCUT2D eigenvalue weighted by Gasteiger charge is 2.26. The van der Waals surface area contributed by atoms with Gasteiger partial charge >= 0.3 is 6.03 Å². The summed E-state index contributed by atoms with van der Waals surface area (Å²) in [6.45, 7) is 1.29. The Bertz CT molecular complexity index is 627. The highest BCUT2D eigenvalue weighted by atomic mass is 19.1. The fourth-order valence-electron chi connectivity index (χ4n) is 1.68. The third-order valence-corrected chi connectivity index (χ3v) is 2.82. The predicted octanol–water partition coefficient (Wildman–Crippen LogP) is 2.59. The molecule has 0 aliphatic rings. The van der Waals surface area contributed by atoms with Crippen molar-refractivity contribution in [3.63, 3.8) is 0 Å². The van der Waals surface area contributed by atoms with Gasteiger partial charge in [-0.2, -0.15) is 0 Å². The second-order valence-corrected chi connectivity index (χ2v) is 4.68. The lowest BCUT2D eigenvalue weighted by molar-refractivity contribution is 0.0372. The quantitative estimate of drug-likeness (QED) is 0.812. The van der Waals surface area contributed by atoms with E-state index in [4.69, 9.17) is 4.42 Å². The van der Waals surface area contributed by atoms with Gasteiger partial charge in [0.25, 0.3) is 0 Å². The average molecular weight is 296 g/mol. The number of benzene rings is 1. The normalized spacial score (nSPS) is 13.5. The van der Waals surface area contributed by atoms with Gasteiger partial charge in [0.2, 0.25) is 0 Å². The zero-order valence-corrected chi connectivity index (χ0v) is 11.2. The van der Waals surface area contributed by atoms with Gasteiger partial charge in [0, 0.05) is 6.07 Å². The van der Waals surface area contributed by atoms with E-state index in [0.29, 0.717) is 0 Å². The Hall–Kier alpha value is -2.41. The molecular weight excluding hydrogens is 282 g/mol. The maximum absolute atomic E-state index is 13.4. The van der Waals surface area contributed by atoms with Gasteiger partial charge in [0.15, 0.2) is 0 Å². The Kier molecular flexibility index (Phi) is 4.23. The van der Waals surface area contributed by atoms with Crippen LogP contribution in [0.4, 0.5) is 19.3 Å². The number of carbonyl (C=O) groups is 1. The number of nitrogens with one attached hydrogen (secondary N) is 2. The topological polar surface area (TPSA) is 74.5 Å². The summed E-state index contributed by atoms with van der Waals surface area (Å²) in [4.78, 5) is 11.6. The molecule has 0 saturated carbocycles. The Morgan fingerprint density at radius 2 is 2.14 bits per heavy atom. The molecule has 0 aliphatic carbocycles. The van der Waals surface area contributed by atoms with E-state index in [-0.39, 0.29) is 18.0 Å². The minimum atomic E-state index is -1.42. The first kappa shape index (κ1) is 15.0. The third kappa shape index (κ3) is 3.79. The van der Waals surface area contributed by atoms with E-state index < -0.39 is 23.3 Å². The summed E-state index contributed by atoms with van der Waals surface area (Å²) in [7, 11) is 0. The first-order valence-electron chi connectivity index (χ1n) is 6.15. The molecule has 1 atom stereocenters. The molecule has 3 N–H and O–H groups in total. The van der Waals surface area contributed by atoms with Crippen molar-refractivity contribution in [1.82, 2.24) is 5.32 Å². The van der Waals surface area contributed by atoms with E-state index in [1.54, 1.807) is 12.1 Å². The average Bonchev–Trinajstić information content (AvgIpc) is 2.96. The molecule has 21 heavy (non-hydrogen) atoms. The van der Waals surface area contributed by atoms with E-state index >= 15 is 0 Å². The number of aliphatic hydroxyl groups is 1. The number of rotatable bonds is 4. The van der Waals surface area contributed by atoms with Crippen molar-refractivity contribution in [2.75, 3.05) is 11.9 Å². The minimum absolute atomic E-state index is 0.163. The molecule has 7 heteroatoms. The lowest BCUT2D eigenvalue weighted by atomic mass is 10.0. The molecule has 2 amide bonds. The molecule has 1 heterocycles. The first-order chi connectivity index (χ1) is 9.88. The van der Waals surface area contributed by atoms with Gasteiger partial charge in [-0.3, -0.25) is 0 Å². The Balaban J connectivity index is 1.95. The summed E-state index contributed by atoms with van der Waals surface area (Å²) in [5.74, 6) is -1.15. The van der Waals surface area contributed by atoms with Crippen LogP contribution in [0.5, 0.6) is 0 Å². The van der Waals surface area contributed by atoms with Crippen molar-refractivity contribution in [2.24, 2.45) is 0 Å². The third-order valence-electron chi connectivity index (χ3n) is 2.82. The number of urea groups is 1. The van der Waals surface area contributed by atoms with Crippen LogP contribution in [0, 0.1) is 11.6 Å². The lowest BCUT2D eigenvalue weighted by Gasteiger charge is -2.21. The molecule has 112 valence electrons. The highest BCUT2D eigenvalue weighted by molar-refractivity contribution is 5.89. The molecule has 0 fully saturated rings. The summed E-state index contributed by atoms with van der Waals surface area (Å²) in [5.41, 5.74) is -1.70. The maximum atomic E-state index is 13.4. The van der Waals surface area contributed by atoms with Crippen LogP contribution in [0.1, 0.15) is 12.7 Å². The maximum Gasteiger partial charge on any atom is 0.319 e. The van der Waals surface area contributed by atoms with Crippen molar-refractivity contribution in [3.8, 4) is 0 Å². The number of anilines is 1. The van der Waals surface area contributed by atoms with E-state index in [1.165, 1.54) is 13.2 Å². The number of hydrogen-bond donors (Lipinski definition) is 3. The summed E-state index contributed by atoms with van der Waals surface area (Å²) >= 11 is 0. The van der Waals surface area contributed by atoms with Crippen LogP contribution in [0.2, 0.25) is 0 Å². The number of halogens is 2. The summed E-state index contributed by atoms with van der Waals surface area (Å²) in [6.07, 6.45) is 1.39. The molecule has 1 aromatic carbocycles. The second kappa shape index (κ2) is 5.92. The minimum Gasteiger partial charge on any atom is -0.466 e. The molecule has 0 bridgehead atoms. The van der Waals surface area contributed by atoms with E-state index in [9.17, 15) is 18.7 Å². The molecule has 0 radical (unpaired) electrons. The van der Waals surface area contributed by atoms with Gasteiger partial charge in [-0.25, -0.2) is 13.6 Å². The molecule has 2 aromatic rings. The summed E-state index contributed by atoms with van der Waals surface area (Å²) in [5, 5.41) is 14.6. The molecular formula is C14H14F2N2O3. The second-order valence-electron chi connectivity index (χ2n) is 4.68. The predicted molar refractivity (Wildman–Crippen MR) is 71.7 cm³/mol. The molecule has 1 unspecified atom stereocenters. The van der Waals surface area contributed by atoms with Gasteiger partial charge in [0.05, 0.1) is 18.5 Å². The van der Waals surface area contributed by atoms with Crippen LogP contribution in [0.25, 0.3) is 0 Å². The van der Waals surface area contributed by atoms with E-state index in [2.05, 4.69) is 10.6 Å². The Morgan fingerprint density at radius 1 is 1.38 bits per heavy atom. The highest BCUT2D eigenvalue weighted by Crippen LogP contribution is 2.20. The molecule has 5 nitrogen and oxygen atoms in total. The zero-order valence-electron chi connectivity index (χ0n) is 11.2. The standard InChI is InChI=1S/C14H14F2N2O3/c1-14(20,12-3-2-6-21-12)8-17-13(19)18-11-7-9(15)4-5-10(11)16/h2-7,20H,8H2,1H3,(H2,17,18,19). The van der Waals surface area contributed by atoms with Crippen molar-refractivity contribution < 1.29 is 23.1 Å². The van der Waals surface area contributed by atoms with Crippen molar-refractivity contribution in [2.45, 2.75) is 12.5 Å². The van der Waals surface area contributed by atoms with Gasteiger partial charge in [-0.05, 0) is 31.2 Å². The van der Waals surface area contributed by atoms with Gasteiger partial charge in [0.1, 0.15) is 23.0 Å². The van der Waals surface area contributed by atoms with Gasteiger partial charge in [-0.15, -0.1) is 0 Å². The summed E-state index contributed by atoms with van der Waals surface area (Å²) in [6, 6.07) is 5.10. The SMILES string of the molecule is CC(O)(CNC(=O)Nc1cc(F)ccc1F)c1ccco1. The lowest BCUT2D eigenvalue weighted by Crippen LogP contribution is -2.40. The summed E-state index contributed by atoms with van der Waals surface area (Å²) < 4.78 is 31.4. The van der Waals surface area contributed by atoms with Crippen LogP contribution >= 0.6 is 0 Å². The van der Waals surface area contributed by atoms with Crippen LogP contribution in [-0.4, -0.2) is 17.7 Å². The zero-order chi connectivity index (χ0) is 15.5. The molecule has 1 aromatic heterocycles. The number of furan rings is 1.